The van der Waals surface area contributed by atoms with Gasteiger partial charge in [-0.2, -0.15) is 18.3 Å². The van der Waals surface area contributed by atoms with Gasteiger partial charge in [-0.25, -0.2) is 4.98 Å². The maximum Gasteiger partial charge on any atom is 0.435 e. The highest BCUT2D eigenvalue weighted by Gasteiger charge is 2.34. The first kappa shape index (κ1) is 15.7. The van der Waals surface area contributed by atoms with Crippen LogP contribution in [0.1, 0.15) is 24.6 Å². The number of thiazole rings is 1. The second kappa shape index (κ2) is 5.80. The third-order valence-corrected chi connectivity index (χ3v) is 4.61. The van der Waals surface area contributed by atoms with Gasteiger partial charge in [0.05, 0.1) is 11.0 Å². The third kappa shape index (κ3) is 3.28. The van der Waals surface area contributed by atoms with Crippen molar-refractivity contribution >= 4 is 21.5 Å². The predicted octanol–water partition coefficient (Wildman–Crippen LogP) is 3.11. The largest absolute Gasteiger partial charge is 0.435 e. The topological polar surface area (TPSA) is 77.1 Å². The molecule has 2 aromatic heterocycles. The number of hydrogen-bond donors (Lipinski definition) is 0. The summed E-state index contributed by atoms with van der Waals surface area (Å²) in [4.78, 5) is 16.1. The van der Waals surface area contributed by atoms with Crippen LogP contribution < -0.4 is 4.90 Å². The van der Waals surface area contributed by atoms with Crippen molar-refractivity contribution in [2.75, 3.05) is 18.0 Å². The quantitative estimate of drug-likeness (QED) is 0.630. The van der Waals surface area contributed by atoms with Crippen LogP contribution in [0.5, 0.6) is 0 Å². The van der Waals surface area contributed by atoms with Gasteiger partial charge in [-0.05, 0) is 30.2 Å². The van der Waals surface area contributed by atoms with E-state index in [0.29, 0.717) is 24.6 Å². The van der Waals surface area contributed by atoms with E-state index in [1.54, 1.807) is 0 Å². The van der Waals surface area contributed by atoms with E-state index in [4.69, 9.17) is 0 Å². The van der Waals surface area contributed by atoms with Gasteiger partial charge in [-0.1, -0.05) is 0 Å². The zero-order valence-electron chi connectivity index (χ0n) is 11.7. The highest BCUT2D eigenvalue weighted by molar-refractivity contribution is 7.18. The van der Waals surface area contributed by atoms with E-state index in [0.717, 1.165) is 23.8 Å². The van der Waals surface area contributed by atoms with Crippen molar-refractivity contribution in [2.45, 2.75) is 25.1 Å². The lowest BCUT2D eigenvalue weighted by Crippen LogP contribution is -2.36. The first-order valence-electron chi connectivity index (χ1n) is 6.82. The fraction of sp³-hybridized carbons (Fsp3) is 0.500. The summed E-state index contributed by atoms with van der Waals surface area (Å²) < 4.78 is 39.2. The molecular formula is C12H12F3N5O2S. The molecule has 1 aliphatic heterocycles. The zero-order valence-corrected chi connectivity index (χ0v) is 12.5. The minimum atomic E-state index is -4.46. The predicted molar refractivity (Wildman–Crippen MR) is 76.5 cm³/mol. The minimum Gasteiger partial charge on any atom is -0.346 e. The Morgan fingerprint density at radius 1 is 1.43 bits per heavy atom. The van der Waals surface area contributed by atoms with E-state index >= 15 is 0 Å². The summed E-state index contributed by atoms with van der Waals surface area (Å²) in [5, 5.41) is 14.8. The highest BCUT2D eigenvalue weighted by atomic mass is 32.1. The molecule has 0 aromatic carbocycles. The van der Waals surface area contributed by atoms with Gasteiger partial charge >= 0.3 is 11.2 Å². The molecule has 0 spiro atoms. The average Bonchev–Trinajstić information content (AvgIpc) is 3.16. The third-order valence-electron chi connectivity index (χ3n) is 3.60. The van der Waals surface area contributed by atoms with Crippen LogP contribution in [0.4, 0.5) is 23.3 Å². The number of hydrogen-bond acceptors (Lipinski definition) is 6. The van der Waals surface area contributed by atoms with E-state index < -0.39 is 16.8 Å². The Kier molecular flexibility index (Phi) is 3.96. The van der Waals surface area contributed by atoms with Crippen molar-refractivity contribution in [1.29, 1.82) is 0 Å². The molecule has 23 heavy (non-hydrogen) atoms. The van der Waals surface area contributed by atoms with Gasteiger partial charge in [0.25, 0.3) is 0 Å². The lowest BCUT2D eigenvalue weighted by atomic mass is 10.1. The summed E-state index contributed by atoms with van der Waals surface area (Å²) in [6.45, 7) is 1.08. The van der Waals surface area contributed by atoms with Gasteiger partial charge in [0, 0.05) is 19.3 Å². The second-order valence-corrected chi connectivity index (χ2v) is 6.15. The summed E-state index contributed by atoms with van der Waals surface area (Å²) in [5.74, 6) is 0. The second-order valence-electron chi connectivity index (χ2n) is 5.16. The molecule has 0 saturated carbocycles. The van der Waals surface area contributed by atoms with Gasteiger partial charge in [-0.3, -0.25) is 14.8 Å². The van der Waals surface area contributed by atoms with Crippen molar-refractivity contribution in [3.05, 3.63) is 34.3 Å². The number of anilines is 1. The smallest absolute Gasteiger partial charge is 0.346 e. The average molecular weight is 347 g/mol. The molecule has 7 nitrogen and oxygen atoms in total. The van der Waals surface area contributed by atoms with Gasteiger partial charge in [0.15, 0.2) is 10.8 Å². The molecule has 1 fully saturated rings. The fourth-order valence-electron chi connectivity index (χ4n) is 2.52. The first-order chi connectivity index (χ1) is 10.8. The van der Waals surface area contributed by atoms with Crippen LogP contribution in [0.25, 0.3) is 0 Å². The molecule has 0 radical (unpaired) electrons. The Hall–Kier alpha value is -2.17. The summed E-state index contributed by atoms with van der Waals surface area (Å²) >= 11 is 0.960. The number of aromatic nitrogens is 3. The summed E-state index contributed by atoms with van der Waals surface area (Å²) in [6, 6.07) is 0.732. The first-order valence-corrected chi connectivity index (χ1v) is 7.64. The van der Waals surface area contributed by atoms with E-state index in [1.165, 1.54) is 17.1 Å². The van der Waals surface area contributed by atoms with Crippen LogP contribution in [0.2, 0.25) is 0 Å². The van der Waals surface area contributed by atoms with Gasteiger partial charge < -0.3 is 4.90 Å². The van der Waals surface area contributed by atoms with Gasteiger partial charge in [-0.15, -0.1) is 0 Å². The van der Waals surface area contributed by atoms with Crippen molar-refractivity contribution < 1.29 is 18.1 Å². The van der Waals surface area contributed by atoms with Crippen LogP contribution in [-0.2, 0) is 6.18 Å². The van der Waals surface area contributed by atoms with Crippen LogP contribution in [0.3, 0.4) is 0 Å². The zero-order chi connectivity index (χ0) is 16.6. The molecule has 0 bridgehead atoms. The lowest BCUT2D eigenvalue weighted by Gasteiger charge is -2.32. The summed E-state index contributed by atoms with van der Waals surface area (Å²) in [5.41, 5.74) is -0.917. The standard InChI is InChI=1S/C12H12F3N5O2S/c13-12(14,15)9-3-5-19(17-9)8-2-1-4-18(7-8)11-16-6-10(23-11)20(21)22/h3,5-6,8H,1-2,4,7H2/t8-/m1/s1. The maximum absolute atomic E-state index is 12.6. The SMILES string of the molecule is O=[N+]([O-])c1cnc(N2CCC[C@@H](n3ccc(C(F)(F)F)n3)C2)s1. The molecule has 1 aliphatic rings. The van der Waals surface area contributed by atoms with Gasteiger partial charge in [0.1, 0.15) is 6.20 Å². The molecule has 11 heteroatoms. The Labute approximate surface area is 132 Å². The van der Waals surface area contributed by atoms with Crippen LogP contribution in [0.15, 0.2) is 18.5 Å². The van der Waals surface area contributed by atoms with E-state index in [9.17, 15) is 23.3 Å². The summed E-state index contributed by atoms with van der Waals surface area (Å²) in [7, 11) is 0. The molecule has 3 rings (SSSR count). The number of nitrogens with zero attached hydrogens (tertiary/aromatic N) is 5. The van der Waals surface area contributed by atoms with E-state index in [1.807, 2.05) is 4.90 Å². The number of alkyl halides is 3. The van der Waals surface area contributed by atoms with Crippen LogP contribution in [0, 0.1) is 10.1 Å². The van der Waals surface area contributed by atoms with Crippen molar-refractivity contribution in [3.63, 3.8) is 0 Å². The molecule has 0 amide bonds. The molecule has 2 aromatic rings. The molecule has 0 aliphatic carbocycles. The van der Waals surface area contributed by atoms with E-state index in [2.05, 4.69) is 10.1 Å². The molecular weight excluding hydrogens is 335 g/mol. The Morgan fingerprint density at radius 3 is 2.83 bits per heavy atom. The number of halogens is 3. The molecule has 1 saturated heterocycles. The van der Waals surface area contributed by atoms with Gasteiger partial charge in [0.2, 0.25) is 0 Å². The number of rotatable bonds is 3. The monoisotopic (exact) mass is 347 g/mol. The van der Waals surface area contributed by atoms with E-state index in [-0.39, 0.29) is 11.0 Å². The molecule has 3 heterocycles. The maximum atomic E-state index is 12.6. The highest BCUT2D eigenvalue weighted by Crippen LogP contribution is 2.33. The van der Waals surface area contributed by atoms with Crippen molar-refractivity contribution in [2.24, 2.45) is 0 Å². The molecule has 1 atom stereocenters. The normalized spacial score (nSPS) is 19.1. The van der Waals surface area contributed by atoms with Crippen molar-refractivity contribution in [1.82, 2.24) is 14.8 Å². The molecule has 124 valence electrons. The lowest BCUT2D eigenvalue weighted by molar-refractivity contribution is -0.380. The van der Waals surface area contributed by atoms with Crippen LogP contribution in [-0.4, -0.2) is 32.8 Å². The Balaban J connectivity index is 1.75. The fourth-order valence-corrected chi connectivity index (χ4v) is 3.29. The Morgan fingerprint density at radius 2 is 2.22 bits per heavy atom. The molecule has 0 unspecified atom stereocenters. The number of nitro groups is 1. The van der Waals surface area contributed by atoms with Crippen LogP contribution >= 0.6 is 11.3 Å². The Bertz CT molecular complexity index is 714. The van der Waals surface area contributed by atoms with Crippen molar-refractivity contribution in [3.8, 4) is 0 Å². The summed E-state index contributed by atoms with van der Waals surface area (Å²) in [6.07, 6.45) is -0.502. The number of piperidine rings is 1. The molecule has 0 N–H and O–H groups in total. The minimum absolute atomic E-state index is 0.0550.